The predicted molar refractivity (Wildman–Crippen MR) is 112 cm³/mol. The Labute approximate surface area is 169 Å². The summed E-state index contributed by atoms with van der Waals surface area (Å²) in [4.78, 5) is 7.61. The third-order valence-corrected chi connectivity index (χ3v) is 6.45. The van der Waals surface area contributed by atoms with Crippen molar-refractivity contribution in [3.05, 3.63) is 23.8 Å². The highest BCUT2D eigenvalue weighted by Gasteiger charge is 2.34. The number of phenols is 1. The second-order valence-electron chi connectivity index (χ2n) is 8.49. The molecule has 28 heavy (non-hydrogen) atoms. The monoisotopic (exact) mass is 391 g/mol. The Morgan fingerprint density at radius 3 is 2.54 bits per heavy atom. The number of hydrogen-bond donors (Lipinski definition) is 2. The molecule has 6 heteroatoms. The number of ether oxygens (including phenoxy) is 1. The molecule has 0 unspecified atom stereocenters. The molecule has 6 nitrogen and oxygen atoms in total. The molecule has 158 valence electrons. The van der Waals surface area contributed by atoms with E-state index >= 15 is 0 Å². The third-order valence-electron chi connectivity index (χ3n) is 6.45. The number of likely N-dealkylation sites (tertiary alicyclic amines) is 1. The zero-order valence-electron chi connectivity index (χ0n) is 17.7. The van der Waals surface area contributed by atoms with Gasteiger partial charge in [-0.05, 0) is 64.4 Å². The summed E-state index contributed by atoms with van der Waals surface area (Å²) in [5.41, 5.74) is 0.904. The van der Waals surface area contributed by atoms with Gasteiger partial charge in [0.2, 0.25) is 0 Å². The van der Waals surface area contributed by atoms with E-state index in [1.54, 1.807) is 19.2 Å². The smallest absolute Gasteiger partial charge is 0.120 e. The number of aliphatic hydroxyl groups is 1. The first kappa shape index (κ1) is 21.4. The Bertz CT molecular complexity index is 617. The van der Waals surface area contributed by atoms with Crippen LogP contribution in [0.3, 0.4) is 0 Å². The van der Waals surface area contributed by atoms with Crippen molar-refractivity contribution in [2.24, 2.45) is 0 Å². The van der Waals surface area contributed by atoms with E-state index in [4.69, 9.17) is 4.74 Å². The third kappa shape index (κ3) is 5.17. The van der Waals surface area contributed by atoms with Crippen molar-refractivity contribution in [1.82, 2.24) is 14.7 Å². The first-order valence-corrected chi connectivity index (χ1v) is 10.7. The molecule has 2 fully saturated rings. The van der Waals surface area contributed by atoms with Gasteiger partial charge in [0.05, 0.1) is 7.11 Å². The molecule has 2 aliphatic heterocycles. The fourth-order valence-corrected chi connectivity index (χ4v) is 4.75. The van der Waals surface area contributed by atoms with Crippen molar-refractivity contribution in [1.29, 1.82) is 0 Å². The van der Waals surface area contributed by atoms with E-state index in [0.717, 1.165) is 37.4 Å². The number of nitrogens with zero attached hydrogens (tertiary/aromatic N) is 3. The van der Waals surface area contributed by atoms with Crippen LogP contribution < -0.4 is 4.74 Å². The van der Waals surface area contributed by atoms with Crippen LogP contribution in [0.15, 0.2) is 18.2 Å². The molecule has 2 aliphatic rings. The SMILES string of the molecule is COc1ccc(O)c(CN2CCN(C3CCN(C(C)C)CC3)[C@H](CCO)C2)c1. The highest BCUT2D eigenvalue weighted by molar-refractivity contribution is 5.39. The van der Waals surface area contributed by atoms with Crippen LogP contribution in [-0.2, 0) is 6.54 Å². The lowest BCUT2D eigenvalue weighted by Gasteiger charge is -2.48. The molecule has 2 saturated heterocycles. The maximum atomic E-state index is 10.2. The molecular weight excluding hydrogens is 354 g/mol. The number of methoxy groups -OCH3 is 1. The van der Waals surface area contributed by atoms with Crippen molar-refractivity contribution in [3.8, 4) is 11.5 Å². The average Bonchev–Trinajstić information content (AvgIpc) is 2.70. The predicted octanol–water partition coefficient (Wildman–Crippen LogP) is 2.14. The Morgan fingerprint density at radius 2 is 1.89 bits per heavy atom. The molecule has 0 aromatic heterocycles. The van der Waals surface area contributed by atoms with Crippen molar-refractivity contribution in [2.45, 2.75) is 57.8 Å². The first-order valence-electron chi connectivity index (χ1n) is 10.7. The Kier molecular flexibility index (Phi) is 7.57. The molecule has 0 radical (unpaired) electrons. The lowest BCUT2D eigenvalue weighted by Crippen LogP contribution is -2.58. The van der Waals surface area contributed by atoms with Crippen LogP contribution in [0.25, 0.3) is 0 Å². The standard InChI is InChI=1S/C22H37N3O3/c1-17(2)24-9-6-19(7-10-24)25-12-11-23(16-20(25)8-13-26)15-18-14-21(28-3)4-5-22(18)27/h4-5,14,17,19-20,26-27H,6-13,15-16H2,1-3H3/t20-/m1/s1. The number of piperidine rings is 1. The van der Waals surface area contributed by atoms with Crippen molar-refractivity contribution in [2.75, 3.05) is 46.4 Å². The summed E-state index contributed by atoms with van der Waals surface area (Å²) in [7, 11) is 1.65. The quantitative estimate of drug-likeness (QED) is 0.743. The average molecular weight is 392 g/mol. The van der Waals surface area contributed by atoms with Crippen LogP contribution >= 0.6 is 0 Å². The molecule has 1 aromatic rings. The summed E-state index contributed by atoms with van der Waals surface area (Å²) in [6.45, 7) is 10.8. The molecule has 0 spiro atoms. The molecule has 0 aliphatic carbocycles. The van der Waals surface area contributed by atoms with Gasteiger partial charge in [-0.25, -0.2) is 0 Å². The van der Waals surface area contributed by atoms with Crippen LogP contribution in [0, 0.1) is 0 Å². The van der Waals surface area contributed by atoms with E-state index in [1.165, 1.54) is 25.9 Å². The van der Waals surface area contributed by atoms with Gasteiger partial charge in [-0.2, -0.15) is 0 Å². The molecule has 0 bridgehead atoms. The molecule has 0 amide bonds. The second kappa shape index (κ2) is 9.92. The second-order valence-corrected chi connectivity index (χ2v) is 8.49. The minimum atomic E-state index is 0.226. The Hall–Kier alpha value is -1.34. The van der Waals surface area contributed by atoms with Crippen molar-refractivity contribution >= 4 is 0 Å². The number of hydrogen-bond acceptors (Lipinski definition) is 6. The Balaban J connectivity index is 1.61. The van der Waals surface area contributed by atoms with E-state index in [9.17, 15) is 10.2 Å². The highest BCUT2D eigenvalue weighted by Crippen LogP contribution is 2.28. The van der Waals surface area contributed by atoms with Gasteiger partial charge in [-0.3, -0.25) is 9.80 Å². The van der Waals surface area contributed by atoms with Crippen molar-refractivity contribution < 1.29 is 14.9 Å². The minimum Gasteiger partial charge on any atom is -0.508 e. The summed E-state index contributed by atoms with van der Waals surface area (Å²) in [5.74, 6) is 1.10. The molecular formula is C22H37N3O3. The molecule has 1 atom stereocenters. The summed E-state index contributed by atoms with van der Waals surface area (Å²) in [6, 6.07) is 7.04. The van der Waals surface area contributed by atoms with Gasteiger partial charge in [0.15, 0.2) is 0 Å². The number of phenolic OH excluding ortho intramolecular Hbond substituents is 1. The first-order chi connectivity index (χ1) is 13.5. The largest absolute Gasteiger partial charge is 0.508 e. The van der Waals surface area contributed by atoms with E-state index in [-0.39, 0.29) is 6.61 Å². The number of rotatable bonds is 7. The topological polar surface area (TPSA) is 59.4 Å². The lowest BCUT2D eigenvalue weighted by atomic mass is 9.97. The van der Waals surface area contributed by atoms with Crippen LogP contribution in [0.4, 0.5) is 0 Å². The van der Waals surface area contributed by atoms with Crippen LogP contribution in [0.5, 0.6) is 11.5 Å². The normalized spacial score (nSPS) is 23.4. The highest BCUT2D eigenvalue weighted by atomic mass is 16.5. The maximum Gasteiger partial charge on any atom is 0.120 e. The molecule has 0 saturated carbocycles. The minimum absolute atomic E-state index is 0.226. The van der Waals surface area contributed by atoms with E-state index < -0.39 is 0 Å². The molecule has 1 aromatic carbocycles. The summed E-state index contributed by atoms with van der Waals surface area (Å²) in [5, 5.41) is 19.8. The van der Waals surface area contributed by atoms with Crippen molar-refractivity contribution in [3.63, 3.8) is 0 Å². The molecule has 2 N–H and O–H groups in total. The number of aliphatic hydroxyl groups excluding tert-OH is 1. The maximum absolute atomic E-state index is 10.2. The molecule has 2 heterocycles. The van der Waals surface area contributed by atoms with Gasteiger partial charge >= 0.3 is 0 Å². The lowest BCUT2D eigenvalue weighted by molar-refractivity contribution is -0.000205. The van der Waals surface area contributed by atoms with Gasteiger partial charge in [0.1, 0.15) is 11.5 Å². The van der Waals surface area contributed by atoms with E-state index in [2.05, 4.69) is 28.5 Å². The van der Waals surface area contributed by atoms with Gasteiger partial charge in [-0.1, -0.05) is 0 Å². The molecule has 3 rings (SSSR count). The summed E-state index contributed by atoms with van der Waals surface area (Å²) >= 11 is 0. The zero-order chi connectivity index (χ0) is 20.1. The van der Waals surface area contributed by atoms with Crippen LogP contribution in [0.1, 0.15) is 38.7 Å². The summed E-state index contributed by atoms with van der Waals surface area (Å²) < 4.78 is 5.31. The van der Waals surface area contributed by atoms with Crippen LogP contribution in [-0.4, -0.2) is 89.5 Å². The fraction of sp³-hybridized carbons (Fsp3) is 0.727. The Morgan fingerprint density at radius 1 is 1.14 bits per heavy atom. The number of piperazine rings is 1. The fourth-order valence-electron chi connectivity index (χ4n) is 4.75. The van der Waals surface area contributed by atoms with E-state index in [0.29, 0.717) is 30.4 Å². The number of aromatic hydroxyl groups is 1. The van der Waals surface area contributed by atoms with Gasteiger partial charge in [0.25, 0.3) is 0 Å². The van der Waals surface area contributed by atoms with Gasteiger partial charge < -0.3 is 19.8 Å². The van der Waals surface area contributed by atoms with E-state index in [1.807, 2.05) is 6.07 Å². The number of benzene rings is 1. The van der Waals surface area contributed by atoms with Crippen LogP contribution in [0.2, 0.25) is 0 Å². The van der Waals surface area contributed by atoms with Gasteiger partial charge in [0, 0.05) is 56.5 Å². The van der Waals surface area contributed by atoms with Gasteiger partial charge in [-0.15, -0.1) is 0 Å². The summed E-state index contributed by atoms with van der Waals surface area (Å²) in [6.07, 6.45) is 3.25. The zero-order valence-corrected chi connectivity index (χ0v) is 17.7.